The van der Waals surface area contributed by atoms with Crippen molar-refractivity contribution in [2.24, 2.45) is 5.73 Å². The molecule has 17 heavy (non-hydrogen) atoms. The highest BCUT2D eigenvalue weighted by atomic mass is 16.5. The first-order chi connectivity index (χ1) is 8.12. The predicted octanol–water partition coefficient (Wildman–Crippen LogP) is -0.228. The smallest absolute Gasteiger partial charge is 0.330 e. The monoisotopic (exact) mass is 245 g/mol. The van der Waals surface area contributed by atoms with Crippen LogP contribution in [-0.2, 0) is 19.1 Å². The minimum Gasteiger partial charge on any atom is -0.462 e. The number of nitrogens with two attached hydrogens (primary N) is 1. The van der Waals surface area contributed by atoms with Crippen molar-refractivity contribution in [3.05, 3.63) is 25.3 Å². The van der Waals surface area contributed by atoms with E-state index in [4.69, 9.17) is 10.8 Å². The molecule has 0 unspecified atom stereocenters. The van der Waals surface area contributed by atoms with E-state index in [1.165, 1.54) is 0 Å². The molecule has 0 saturated heterocycles. The fourth-order valence-corrected chi connectivity index (χ4v) is 0.515. The van der Waals surface area contributed by atoms with Gasteiger partial charge in [0.1, 0.15) is 6.61 Å². The summed E-state index contributed by atoms with van der Waals surface area (Å²) in [5, 5.41) is 8.23. The van der Waals surface area contributed by atoms with E-state index in [-0.39, 0.29) is 19.8 Å². The van der Waals surface area contributed by atoms with Crippen LogP contribution in [0.15, 0.2) is 25.3 Å². The number of esters is 2. The fourth-order valence-electron chi connectivity index (χ4n) is 0.515. The lowest BCUT2D eigenvalue weighted by Gasteiger charge is -1.96. The maximum Gasteiger partial charge on any atom is 0.330 e. The van der Waals surface area contributed by atoms with Gasteiger partial charge in [-0.15, -0.1) is 0 Å². The largest absolute Gasteiger partial charge is 0.462 e. The lowest BCUT2D eigenvalue weighted by Crippen LogP contribution is -2.11. The highest BCUT2D eigenvalue weighted by molar-refractivity contribution is 5.81. The number of ether oxygens (including phenoxy) is 2. The molecule has 0 amide bonds. The molecule has 0 bridgehead atoms. The molecule has 6 heteroatoms. The molecule has 0 aliphatic rings. The Bertz CT molecular complexity index is 240. The summed E-state index contributed by atoms with van der Waals surface area (Å²) in [6.45, 7) is 7.34. The van der Waals surface area contributed by atoms with Crippen LogP contribution in [0.5, 0.6) is 0 Å². The van der Waals surface area contributed by atoms with E-state index in [0.717, 1.165) is 12.2 Å². The summed E-state index contributed by atoms with van der Waals surface area (Å²) in [7, 11) is 0. The van der Waals surface area contributed by atoms with Crippen LogP contribution < -0.4 is 5.73 Å². The Hall–Kier alpha value is -1.66. The minimum atomic E-state index is -0.441. The van der Waals surface area contributed by atoms with Gasteiger partial charge in [-0.05, 0) is 0 Å². The predicted molar refractivity (Wildman–Crippen MR) is 63.1 cm³/mol. The summed E-state index contributed by atoms with van der Waals surface area (Å²) < 4.78 is 8.97. The molecule has 0 heterocycles. The maximum absolute atomic E-state index is 10.3. The van der Waals surface area contributed by atoms with E-state index in [0.29, 0.717) is 13.0 Å². The molecule has 0 aromatic rings. The molecular weight excluding hydrogens is 226 g/mol. The van der Waals surface area contributed by atoms with Gasteiger partial charge in [0, 0.05) is 31.7 Å². The zero-order chi connectivity index (χ0) is 13.5. The molecule has 3 N–H and O–H groups in total. The van der Waals surface area contributed by atoms with Crippen LogP contribution in [0.1, 0.15) is 6.42 Å². The number of hydrogen-bond donors (Lipinski definition) is 2. The number of aliphatic hydroxyl groups is 1. The van der Waals surface area contributed by atoms with Gasteiger partial charge in [0.25, 0.3) is 0 Å². The van der Waals surface area contributed by atoms with Crippen molar-refractivity contribution in [2.45, 2.75) is 6.42 Å². The summed E-state index contributed by atoms with van der Waals surface area (Å²) >= 11 is 0. The van der Waals surface area contributed by atoms with Crippen molar-refractivity contribution < 1.29 is 24.2 Å². The van der Waals surface area contributed by atoms with Crippen molar-refractivity contribution in [3.63, 3.8) is 0 Å². The molecule has 0 atom stereocenters. The van der Waals surface area contributed by atoms with Gasteiger partial charge in [-0.2, -0.15) is 0 Å². The van der Waals surface area contributed by atoms with Crippen LogP contribution in [0, 0.1) is 0 Å². The van der Waals surface area contributed by atoms with Gasteiger partial charge in [0.2, 0.25) is 0 Å². The molecule has 0 radical (unpaired) electrons. The maximum atomic E-state index is 10.3. The Labute approximate surface area is 101 Å². The Morgan fingerprint density at radius 2 is 1.59 bits per heavy atom. The molecule has 6 nitrogen and oxygen atoms in total. The Kier molecular flexibility index (Phi) is 15.0. The molecule has 0 rings (SSSR count). The number of carbonyl (C=O) groups excluding carboxylic acids is 2. The third-order valence-corrected chi connectivity index (χ3v) is 1.24. The van der Waals surface area contributed by atoms with E-state index in [1.807, 2.05) is 0 Å². The standard InChI is InChI=1S/C6H10O3.C5H9NO2/c1-2-6(8)9-5-3-4-7;1-2-5(7)8-4-3-6/h2,7H,1,3-5H2;2H,1,3-4,6H2. The third-order valence-electron chi connectivity index (χ3n) is 1.24. The van der Waals surface area contributed by atoms with Gasteiger partial charge in [-0.25, -0.2) is 9.59 Å². The average Bonchev–Trinajstić information content (AvgIpc) is 2.36. The van der Waals surface area contributed by atoms with E-state index in [1.54, 1.807) is 0 Å². The van der Waals surface area contributed by atoms with Crippen molar-refractivity contribution in [1.29, 1.82) is 0 Å². The summed E-state index contributed by atoms with van der Waals surface area (Å²) in [6.07, 6.45) is 2.69. The van der Waals surface area contributed by atoms with Crippen molar-refractivity contribution in [1.82, 2.24) is 0 Å². The van der Waals surface area contributed by atoms with Gasteiger partial charge in [-0.1, -0.05) is 13.2 Å². The molecule has 0 spiro atoms. The molecule has 98 valence electrons. The van der Waals surface area contributed by atoms with Gasteiger partial charge < -0.3 is 20.3 Å². The molecule has 0 saturated carbocycles. The van der Waals surface area contributed by atoms with E-state index in [2.05, 4.69) is 22.6 Å². The molecular formula is C11H19NO5. The summed E-state index contributed by atoms with van der Waals surface area (Å²) in [5.74, 6) is -0.862. The lowest BCUT2D eigenvalue weighted by molar-refractivity contribution is -0.138. The normalized spacial score (nSPS) is 8.35. The summed E-state index contributed by atoms with van der Waals surface area (Å²) in [5.41, 5.74) is 5.02. The van der Waals surface area contributed by atoms with Crippen LogP contribution in [0.25, 0.3) is 0 Å². The highest BCUT2D eigenvalue weighted by Gasteiger charge is 1.91. The molecule has 0 aromatic carbocycles. The Balaban J connectivity index is 0. The zero-order valence-corrected chi connectivity index (χ0v) is 9.76. The first kappa shape index (κ1) is 17.7. The number of aliphatic hydroxyl groups excluding tert-OH is 1. The molecule has 0 aliphatic heterocycles. The van der Waals surface area contributed by atoms with E-state index >= 15 is 0 Å². The first-order valence-electron chi connectivity index (χ1n) is 5.01. The van der Waals surface area contributed by atoms with Crippen LogP contribution >= 0.6 is 0 Å². The summed E-state index contributed by atoms with van der Waals surface area (Å²) in [6, 6.07) is 0. The first-order valence-corrected chi connectivity index (χ1v) is 5.01. The van der Waals surface area contributed by atoms with Gasteiger partial charge >= 0.3 is 11.9 Å². The fraction of sp³-hybridized carbons (Fsp3) is 0.455. The van der Waals surface area contributed by atoms with Crippen molar-refractivity contribution >= 4 is 11.9 Å². The van der Waals surface area contributed by atoms with Crippen LogP contribution in [0.4, 0.5) is 0 Å². The average molecular weight is 245 g/mol. The molecule has 0 fully saturated rings. The second-order valence-electron chi connectivity index (χ2n) is 2.61. The molecule has 0 aliphatic carbocycles. The highest BCUT2D eigenvalue weighted by Crippen LogP contribution is 1.82. The number of hydrogen-bond acceptors (Lipinski definition) is 6. The van der Waals surface area contributed by atoms with Crippen molar-refractivity contribution in [3.8, 4) is 0 Å². The number of carbonyl (C=O) groups is 2. The zero-order valence-electron chi connectivity index (χ0n) is 9.76. The summed E-state index contributed by atoms with van der Waals surface area (Å²) in [4.78, 5) is 20.4. The Morgan fingerprint density at radius 3 is 1.94 bits per heavy atom. The SMILES string of the molecule is C=CC(=O)OCCCO.C=CC(=O)OCCN. The van der Waals surface area contributed by atoms with Crippen molar-refractivity contribution in [2.75, 3.05) is 26.4 Å². The third kappa shape index (κ3) is 17.0. The van der Waals surface area contributed by atoms with Crippen LogP contribution in [0.2, 0.25) is 0 Å². The second-order valence-corrected chi connectivity index (χ2v) is 2.61. The van der Waals surface area contributed by atoms with Crippen LogP contribution in [-0.4, -0.2) is 43.4 Å². The van der Waals surface area contributed by atoms with Gasteiger partial charge in [0.05, 0.1) is 6.61 Å². The second kappa shape index (κ2) is 14.3. The van der Waals surface area contributed by atoms with E-state index in [9.17, 15) is 9.59 Å². The minimum absolute atomic E-state index is 0.0461. The van der Waals surface area contributed by atoms with Gasteiger partial charge in [0.15, 0.2) is 0 Å². The Morgan fingerprint density at radius 1 is 1.12 bits per heavy atom. The molecule has 0 aromatic heterocycles. The van der Waals surface area contributed by atoms with Gasteiger partial charge in [-0.3, -0.25) is 0 Å². The van der Waals surface area contributed by atoms with Crippen LogP contribution in [0.3, 0.4) is 0 Å². The van der Waals surface area contributed by atoms with E-state index < -0.39 is 11.9 Å². The number of rotatable bonds is 7. The topological polar surface area (TPSA) is 98.8 Å². The lowest BCUT2D eigenvalue weighted by atomic mass is 10.5. The quantitative estimate of drug-likeness (QED) is 0.365.